The molecule has 0 unspecified atom stereocenters. The van der Waals surface area contributed by atoms with Crippen LogP contribution < -0.4 is 5.32 Å². The lowest BCUT2D eigenvalue weighted by atomic mass is 9.98. The zero-order valence-corrected chi connectivity index (χ0v) is 19.3. The molecular weight excluding hydrogens is 461 g/mol. The number of piperidine rings is 1. The molecule has 0 bridgehead atoms. The predicted molar refractivity (Wildman–Crippen MR) is 115 cm³/mol. The Bertz CT molecular complexity index is 1170. The summed E-state index contributed by atoms with van der Waals surface area (Å²) < 4.78 is 64.9. The van der Waals surface area contributed by atoms with E-state index in [0.717, 1.165) is 18.4 Å². The normalized spacial score (nSPS) is 16.1. The Hall–Kier alpha value is -2.73. The minimum Gasteiger partial charge on any atom is -0.349 e. The fourth-order valence-corrected chi connectivity index (χ4v) is 4.79. The fraction of sp³-hybridized carbons (Fsp3) is 0.476. The molecule has 2 aromatic rings. The van der Waals surface area contributed by atoms with Gasteiger partial charge in [-0.2, -0.15) is 18.3 Å². The Morgan fingerprint density at radius 1 is 1.18 bits per heavy atom. The largest absolute Gasteiger partial charge is 0.416 e. The second-order valence-electron chi connectivity index (χ2n) is 8.15. The van der Waals surface area contributed by atoms with E-state index in [1.165, 1.54) is 35.0 Å². The van der Waals surface area contributed by atoms with Gasteiger partial charge in [-0.1, -0.05) is 6.07 Å². The highest BCUT2D eigenvalue weighted by molar-refractivity contribution is 7.88. The van der Waals surface area contributed by atoms with Gasteiger partial charge in [0.1, 0.15) is 0 Å². The number of Topliss-reactive ketones (excluding diaryl/α,β-unsaturated/α-hetero) is 1. The number of aromatic nitrogens is 2. The van der Waals surface area contributed by atoms with Gasteiger partial charge in [-0.05, 0) is 50.8 Å². The van der Waals surface area contributed by atoms with E-state index in [0.29, 0.717) is 25.9 Å². The average Bonchev–Trinajstić information content (AvgIpc) is 3.04. The first-order valence-electron chi connectivity index (χ1n) is 10.3. The number of carbonyl (C=O) groups is 2. The first-order chi connectivity index (χ1) is 15.3. The number of nitrogens with one attached hydrogen (secondary N) is 1. The maximum atomic E-state index is 13.1. The maximum Gasteiger partial charge on any atom is 0.416 e. The number of ketones is 1. The SMILES string of the molecule is Cc1nn(-c2cccc(C(F)(F)F)c2)c(C)c1C(=O)C(=O)NCC1CCN(S(C)(=O)=O)CC1. The van der Waals surface area contributed by atoms with Crippen molar-refractivity contribution in [3.05, 3.63) is 46.8 Å². The van der Waals surface area contributed by atoms with Crippen LogP contribution in [0, 0.1) is 19.8 Å². The Kier molecular flexibility index (Phi) is 6.99. The van der Waals surface area contributed by atoms with Crippen molar-refractivity contribution >= 4 is 21.7 Å². The number of nitrogens with zero attached hydrogens (tertiary/aromatic N) is 3. The van der Waals surface area contributed by atoms with Gasteiger partial charge in [-0.25, -0.2) is 17.4 Å². The number of alkyl halides is 3. The molecule has 3 rings (SSSR count). The van der Waals surface area contributed by atoms with Gasteiger partial charge in [0, 0.05) is 19.6 Å². The van der Waals surface area contributed by atoms with Crippen molar-refractivity contribution in [3.8, 4) is 5.69 Å². The summed E-state index contributed by atoms with van der Waals surface area (Å²) >= 11 is 0. The number of benzene rings is 1. The quantitative estimate of drug-likeness (QED) is 0.499. The smallest absolute Gasteiger partial charge is 0.349 e. The van der Waals surface area contributed by atoms with Gasteiger partial charge in [-0.3, -0.25) is 9.59 Å². The molecular formula is C21H25F3N4O4S. The number of hydrogen-bond acceptors (Lipinski definition) is 5. The topological polar surface area (TPSA) is 101 Å². The highest BCUT2D eigenvalue weighted by atomic mass is 32.2. The summed E-state index contributed by atoms with van der Waals surface area (Å²) in [5.74, 6) is -1.62. The van der Waals surface area contributed by atoms with E-state index < -0.39 is 33.5 Å². The number of sulfonamides is 1. The number of carbonyl (C=O) groups excluding carboxylic acids is 2. The number of aryl methyl sites for hydroxylation is 1. The molecule has 2 heterocycles. The van der Waals surface area contributed by atoms with Crippen LogP contribution in [0.2, 0.25) is 0 Å². The summed E-state index contributed by atoms with van der Waals surface area (Å²) in [5.41, 5.74) is -0.195. The average molecular weight is 487 g/mol. The third-order valence-electron chi connectivity index (χ3n) is 5.74. The van der Waals surface area contributed by atoms with E-state index in [9.17, 15) is 31.2 Å². The van der Waals surface area contributed by atoms with Gasteiger partial charge >= 0.3 is 6.18 Å². The molecule has 1 aromatic heterocycles. The van der Waals surface area contributed by atoms with Gasteiger partial charge in [-0.15, -0.1) is 0 Å². The van der Waals surface area contributed by atoms with Crippen molar-refractivity contribution in [3.63, 3.8) is 0 Å². The first-order valence-corrected chi connectivity index (χ1v) is 12.2. The molecule has 1 aliphatic rings. The van der Waals surface area contributed by atoms with Crippen molar-refractivity contribution in [2.24, 2.45) is 5.92 Å². The van der Waals surface area contributed by atoms with Crippen molar-refractivity contribution in [2.75, 3.05) is 25.9 Å². The second-order valence-corrected chi connectivity index (χ2v) is 10.1. The number of rotatable bonds is 6. The third kappa shape index (κ3) is 5.61. The molecule has 8 nitrogen and oxygen atoms in total. The summed E-state index contributed by atoms with van der Waals surface area (Å²) in [6, 6.07) is 4.55. The van der Waals surface area contributed by atoms with Gasteiger partial charge in [0.2, 0.25) is 10.0 Å². The van der Waals surface area contributed by atoms with Crippen LogP contribution in [0.1, 0.15) is 40.2 Å². The number of hydrogen-bond donors (Lipinski definition) is 1. The van der Waals surface area contributed by atoms with Gasteiger partial charge < -0.3 is 5.32 Å². The molecule has 1 N–H and O–H groups in total. The first kappa shape index (κ1) is 24.9. The molecule has 0 spiro atoms. The standard InChI is InChI=1S/C21H25F3N4O4S/c1-13-18(14(2)28(26-13)17-6-4-5-16(11-17)21(22,23)24)19(29)20(30)25-12-15-7-9-27(10-8-15)33(3,31)32/h4-6,11,15H,7-10,12H2,1-3H3,(H,25,30). The molecule has 1 amide bonds. The van der Waals surface area contributed by atoms with Crippen molar-refractivity contribution in [2.45, 2.75) is 32.9 Å². The van der Waals surface area contributed by atoms with Crippen LogP contribution in [-0.2, 0) is 21.0 Å². The monoisotopic (exact) mass is 486 g/mol. The predicted octanol–water partition coefficient (Wildman–Crippen LogP) is 2.48. The lowest BCUT2D eigenvalue weighted by molar-refractivity contribution is -0.137. The molecule has 0 radical (unpaired) electrons. The van der Waals surface area contributed by atoms with E-state index in [1.54, 1.807) is 0 Å². The second kappa shape index (κ2) is 9.26. The lowest BCUT2D eigenvalue weighted by Crippen LogP contribution is -2.42. The van der Waals surface area contributed by atoms with Crippen molar-refractivity contribution in [1.29, 1.82) is 0 Å². The maximum absolute atomic E-state index is 13.1. The Morgan fingerprint density at radius 2 is 1.82 bits per heavy atom. The summed E-state index contributed by atoms with van der Waals surface area (Å²) in [5, 5.41) is 6.77. The molecule has 180 valence electrons. The summed E-state index contributed by atoms with van der Waals surface area (Å²) in [4.78, 5) is 25.3. The van der Waals surface area contributed by atoms with Crippen molar-refractivity contribution in [1.82, 2.24) is 19.4 Å². The Labute approximate surface area is 189 Å². The molecule has 1 aromatic carbocycles. The van der Waals surface area contributed by atoms with E-state index in [1.807, 2.05) is 0 Å². The minimum atomic E-state index is -4.53. The molecule has 1 aliphatic heterocycles. The lowest BCUT2D eigenvalue weighted by Gasteiger charge is -2.30. The molecule has 0 saturated carbocycles. The molecule has 1 saturated heterocycles. The fourth-order valence-electron chi connectivity index (χ4n) is 3.91. The minimum absolute atomic E-state index is 0.0368. The van der Waals surface area contributed by atoms with E-state index >= 15 is 0 Å². The van der Waals surface area contributed by atoms with Crippen LogP contribution in [0.5, 0.6) is 0 Å². The molecule has 0 aliphatic carbocycles. The van der Waals surface area contributed by atoms with E-state index in [2.05, 4.69) is 10.4 Å². The molecule has 1 fully saturated rings. The van der Waals surface area contributed by atoms with E-state index in [4.69, 9.17) is 0 Å². The summed E-state index contributed by atoms with van der Waals surface area (Å²) in [6.45, 7) is 3.97. The van der Waals surface area contributed by atoms with Crippen LogP contribution in [-0.4, -0.2) is 60.1 Å². The van der Waals surface area contributed by atoms with Gasteiger partial charge in [0.15, 0.2) is 0 Å². The van der Waals surface area contributed by atoms with Crippen LogP contribution >= 0.6 is 0 Å². The van der Waals surface area contributed by atoms with Crippen LogP contribution in [0.15, 0.2) is 24.3 Å². The van der Waals surface area contributed by atoms with Gasteiger partial charge in [0.05, 0.1) is 34.5 Å². The Balaban J connectivity index is 1.70. The highest BCUT2D eigenvalue weighted by Crippen LogP contribution is 2.31. The van der Waals surface area contributed by atoms with Crippen LogP contribution in [0.3, 0.4) is 0 Å². The zero-order chi connectivity index (χ0) is 24.6. The van der Waals surface area contributed by atoms with Gasteiger partial charge in [0.25, 0.3) is 11.7 Å². The van der Waals surface area contributed by atoms with Crippen LogP contribution in [0.4, 0.5) is 13.2 Å². The summed E-state index contributed by atoms with van der Waals surface area (Å²) in [6.07, 6.45) is -2.25. The third-order valence-corrected chi connectivity index (χ3v) is 7.04. The van der Waals surface area contributed by atoms with Crippen molar-refractivity contribution < 1.29 is 31.2 Å². The number of halogens is 3. The Morgan fingerprint density at radius 3 is 2.39 bits per heavy atom. The summed E-state index contributed by atoms with van der Waals surface area (Å²) in [7, 11) is -3.25. The molecule has 12 heteroatoms. The molecule has 33 heavy (non-hydrogen) atoms. The number of amides is 1. The highest BCUT2D eigenvalue weighted by Gasteiger charge is 2.32. The zero-order valence-electron chi connectivity index (χ0n) is 18.4. The van der Waals surface area contributed by atoms with E-state index in [-0.39, 0.29) is 35.1 Å². The molecule has 0 atom stereocenters. The van der Waals surface area contributed by atoms with Crippen LogP contribution in [0.25, 0.3) is 5.69 Å².